The molecule has 0 radical (unpaired) electrons. The number of thioether (sulfide) groups is 1. The average Bonchev–Trinajstić information content (AvgIpc) is 3.11. The molecule has 1 heterocycles. The number of carbonyl (C=O) groups excluding carboxylic acids is 2. The van der Waals surface area contributed by atoms with Crippen molar-refractivity contribution in [3.05, 3.63) is 60.7 Å². The quantitative estimate of drug-likeness (QED) is 0.625. The van der Waals surface area contributed by atoms with Crippen LogP contribution in [0.25, 0.3) is 11.4 Å². The van der Waals surface area contributed by atoms with E-state index in [0.29, 0.717) is 16.7 Å². The maximum atomic E-state index is 12.8. The Kier molecular flexibility index (Phi) is 6.33. The van der Waals surface area contributed by atoms with Crippen molar-refractivity contribution in [1.29, 1.82) is 0 Å². The molecule has 0 bridgehead atoms. The molecule has 150 valence electrons. The molecule has 0 atom stereocenters. The van der Waals surface area contributed by atoms with E-state index in [-0.39, 0.29) is 11.7 Å². The van der Waals surface area contributed by atoms with Gasteiger partial charge in [-0.05, 0) is 32.9 Å². The highest BCUT2D eigenvalue weighted by atomic mass is 32.2. The number of nitrogens with zero attached hydrogens (tertiary/aromatic N) is 3. The number of para-hydroxylation sites is 1. The van der Waals surface area contributed by atoms with Gasteiger partial charge in [0.15, 0.2) is 5.82 Å². The molecule has 0 spiro atoms. The number of rotatable bonds is 5. The summed E-state index contributed by atoms with van der Waals surface area (Å²) in [5, 5.41) is 11.4. The van der Waals surface area contributed by atoms with E-state index in [1.807, 2.05) is 48.5 Å². The summed E-state index contributed by atoms with van der Waals surface area (Å²) in [4.78, 5) is 25.1. The largest absolute Gasteiger partial charge is 0.443 e. The lowest BCUT2D eigenvalue weighted by Gasteiger charge is -2.20. The molecule has 0 aliphatic carbocycles. The molecule has 29 heavy (non-hydrogen) atoms. The monoisotopic (exact) mass is 410 g/mol. The fraction of sp³-hybridized carbons (Fsp3) is 0.238. The van der Waals surface area contributed by atoms with E-state index >= 15 is 0 Å². The number of hydrogen-bond donors (Lipinski definition) is 1. The molecule has 1 amide bonds. The third kappa shape index (κ3) is 5.68. The number of aromatic nitrogens is 3. The number of anilines is 1. The first-order valence-electron chi connectivity index (χ1n) is 9.05. The Labute approximate surface area is 173 Å². The Hall–Kier alpha value is -3.13. The number of carbonyl (C=O) groups is 2. The molecule has 0 saturated carbocycles. The summed E-state index contributed by atoms with van der Waals surface area (Å²) in [7, 11) is 0. The topological polar surface area (TPSA) is 86.1 Å². The van der Waals surface area contributed by atoms with Gasteiger partial charge < -0.3 is 10.1 Å². The van der Waals surface area contributed by atoms with Gasteiger partial charge in [0, 0.05) is 11.3 Å². The van der Waals surface area contributed by atoms with Crippen molar-refractivity contribution in [1.82, 2.24) is 14.8 Å². The predicted octanol–water partition coefficient (Wildman–Crippen LogP) is 4.46. The van der Waals surface area contributed by atoms with Gasteiger partial charge in [-0.25, -0.2) is 9.36 Å². The van der Waals surface area contributed by atoms with Gasteiger partial charge in [-0.1, -0.05) is 60.3 Å². The van der Waals surface area contributed by atoms with Crippen LogP contribution < -0.4 is 5.32 Å². The molecule has 1 N–H and O–H groups in total. The van der Waals surface area contributed by atoms with Gasteiger partial charge in [-0.3, -0.25) is 4.79 Å². The van der Waals surface area contributed by atoms with E-state index < -0.39 is 11.7 Å². The zero-order valence-corrected chi connectivity index (χ0v) is 17.3. The van der Waals surface area contributed by atoms with E-state index in [1.165, 1.54) is 4.57 Å². The summed E-state index contributed by atoms with van der Waals surface area (Å²) >= 11 is 1.12. The molecular formula is C21H22N4O3S. The first-order chi connectivity index (χ1) is 13.8. The first-order valence-corrected chi connectivity index (χ1v) is 10.0. The number of amides is 1. The molecule has 0 fully saturated rings. The lowest BCUT2D eigenvalue weighted by Crippen LogP contribution is -2.28. The molecular weight excluding hydrogens is 388 g/mol. The van der Waals surface area contributed by atoms with Crippen molar-refractivity contribution in [3.63, 3.8) is 0 Å². The number of hydrogen-bond acceptors (Lipinski definition) is 6. The lowest BCUT2D eigenvalue weighted by molar-refractivity contribution is -0.113. The smallest absolute Gasteiger partial charge is 0.422 e. The van der Waals surface area contributed by atoms with Gasteiger partial charge in [0.2, 0.25) is 11.1 Å². The van der Waals surface area contributed by atoms with Crippen molar-refractivity contribution < 1.29 is 14.3 Å². The normalized spacial score (nSPS) is 11.1. The van der Waals surface area contributed by atoms with Crippen molar-refractivity contribution in [3.8, 4) is 11.4 Å². The minimum absolute atomic E-state index is 0.0740. The highest BCUT2D eigenvalue weighted by Gasteiger charge is 2.25. The van der Waals surface area contributed by atoms with Crippen molar-refractivity contribution in [2.45, 2.75) is 31.5 Å². The molecule has 3 rings (SSSR count). The molecule has 2 aromatic carbocycles. The third-order valence-electron chi connectivity index (χ3n) is 3.63. The van der Waals surface area contributed by atoms with Crippen LogP contribution in [0, 0.1) is 0 Å². The van der Waals surface area contributed by atoms with Gasteiger partial charge >= 0.3 is 6.09 Å². The predicted molar refractivity (Wildman–Crippen MR) is 113 cm³/mol. The maximum absolute atomic E-state index is 12.8. The zero-order valence-electron chi connectivity index (χ0n) is 16.5. The van der Waals surface area contributed by atoms with Crippen molar-refractivity contribution in [2.75, 3.05) is 11.1 Å². The van der Waals surface area contributed by atoms with Gasteiger partial charge in [-0.2, -0.15) is 0 Å². The van der Waals surface area contributed by atoms with Gasteiger partial charge in [0.1, 0.15) is 5.60 Å². The molecule has 3 aromatic rings. The Morgan fingerprint density at radius 1 is 1.00 bits per heavy atom. The van der Waals surface area contributed by atoms with Crippen LogP contribution in [0.2, 0.25) is 0 Å². The number of nitrogens with one attached hydrogen (secondary N) is 1. The van der Waals surface area contributed by atoms with Crippen molar-refractivity contribution in [2.24, 2.45) is 0 Å². The van der Waals surface area contributed by atoms with Crippen LogP contribution in [0.5, 0.6) is 0 Å². The maximum Gasteiger partial charge on any atom is 0.422 e. The Balaban J connectivity index is 1.81. The summed E-state index contributed by atoms with van der Waals surface area (Å²) in [5.74, 6) is 0.233. The van der Waals surface area contributed by atoms with Gasteiger partial charge in [-0.15, -0.1) is 10.2 Å². The second-order valence-corrected chi connectivity index (χ2v) is 8.13. The summed E-state index contributed by atoms with van der Waals surface area (Å²) < 4.78 is 6.82. The molecule has 8 heteroatoms. The van der Waals surface area contributed by atoms with Crippen LogP contribution in [0.4, 0.5) is 10.5 Å². The molecule has 1 aromatic heterocycles. The van der Waals surface area contributed by atoms with Crippen molar-refractivity contribution >= 4 is 29.4 Å². The van der Waals surface area contributed by atoms with Gasteiger partial charge in [0.05, 0.1) is 5.75 Å². The van der Waals surface area contributed by atoms with E-state index in [4.69, 9.17) is 4.74 Å². The molecule has 0 aliphatic heterocycles. The van der Waals surface area contributed by atoms with E-state index in [2.05, 4.69) is 15.5 Å². The molecule has 0 unspecified atom stereocenters. The summed E-state index contributed by atoms with van der Waals surface area (Å²) in [6.07, 6.45) is -0.590. The summed E-state index contributed by atoms with van der Waals surface area (Å²) in [6.45, 7) is 5.37. The van der Waals surface area contributed by atoms with E-state index in [9.17, 15) is 9.59 Å². The molecule has 0 aliphatic rings. The van der Waals surface area contributed by atoms with E-state index in [1.54, 1.807) is 32.9 Å². The standard InChI is InChI=1S/C21H22N4O3S/c1-21(2,3)28-20(27)25-18(15-10-6-4-7-11-15)23-24-19(25)29-14-17(26)22-16-12-8-5-9-13-16/h4-13H,14H2,1-3H3,(H,22,26). The first kappa shape index (κ1) is 20.6. The fourth-order valence-corrected chi connectivity index (χ4v) is 3.18. The van der Waals surface area contributed by atoms with E-state index in [0.717, 1.165) is 17.3 Å². The van der Waals surface area contributed by atoms with Crippen LogP contribution in [0.1, 0.15) is 20.8 Å². The SMILES string of the molecule is CC(C)(C)OC(=O)n1c(SCC(=O)Nc2ccccc2)nnc1-c1ccccc1. The third-order valence-corrected chi connectivity index (χ3v) is 4.56. The second kappa shape index (κ2) is 8.91. The van der Waals surface area contributed by atoms with Gasteiger partial charge in [0.25, 0.3) is 0 Å². The Bertz CT molecular complexity index is 982. The lowest BCUT2D eigenvalue weighted by atomic mass is 10.2. The molecule has 7 nitrogen and oxygen atoms in total. The van der Waals surface area contributed by atoms with Crippen LogP contribution >= 0.6 is 11.8 Å². The average molecular weight is 410 g/mol. The minimum Gasteiger partial charge on any atom is -0.443 e. The second-order valence-electron chi connectivity index (χ2n) is 7.19. The highest BCUT2D eigenvalue weighted by Crippen LogP contribution is 2.25. The minimum atomic E-state index is -0.679. The number of ether oxygens (including phenoxy) is 1. The number of benzene rings is 2. The van der Waals surface area contributed by atoms with Crippen LogP contribution in [0.3, 0.4) is 0 Å². The van der Waals surface area contributed by atoms with Crippen LogP contribution in [-0.2, 0) is 9.53 Å². The Morgan fingerprint density at radius 2 is 1.62 bits per heavy atom. The van der Waals surface area contributed by atoms with Crippen LogP contribution in [-0.4, -0.2) is 38.1 Å². The summed E-state index contributed by atoms with van der Waals surface area (Å²) in [5.41, 5.74) is 0.755. The molecule has 0 saturated heterocycles. The summed E-state index contributed by atoms with van der Waals surface area (Å²) in [6, 6.07) is 18.4. The Morgan fingerprint density at radius 3 is 2.24 bits per heavy atom. The highest BCUT2D eigenvalue weighted by molar-refractivity contribution is 7.99. The zero-order chi connectivity index (χ0) is 20.9. The van der Waals surface area contributed by atoms with Crippen LogP contribution in [0.15, 0.2) is 65.8 Å². The fourth-order valence-electron chi connectivity index (χ4n) is 2.46.